The molecule has 0 aliphatic carbocycles. The van der Waals surface area contributed by atoms with Crippen molar-refractivity contribution >= 4 is 23.5 Å². The molecule has 6 nitrogen and oxygen atoms in total. The van der Waals surface area contributed by atoms with Crippen LogP contribution in [-0.4, -0.2) is 31.7 Å². The lowest BCUT2D eigenvalue weighted by atomic mass is 9.97. The molecule has 0 radical (unpaired) electrons. The first-order valence-electron chi connectivity index (χ1n) is 8.99. The van der Waals surface area contributed by atoms with Crippen LogP contribution in [0.15, 0.2) is 42.5 Å². The van der Waals surface area contributed by atoms with E-state index in [0.29, 0.717) is 17.2 Å². The highest BCUT2D eigenvalue weighted by Gasteiger charge is 2.30. The van der Waals surface area contributed by atoms with Crippen LogP contribution in [0.2, 0.25) is 5.02 Å². The molecule has 0 saturated heterocycles. The van der Waals surface area contributed by atoms with Crippen LogP contribution in [0.5, 0.6) is 11.5 Å². The zero-order valence-corrected chi connectivity index (χ0v) is 16.5. The van der Waals surface area contributed by atoms with E-state index in [1.165, 1.54) is 0 Å². The Morgan fingerprint density at radius 3 is 2.86 bits per heavy atom. The predicted octanol–water partition coefficient (Wildman–Crippen LogP) is 3.15. The average Bonchev–Trinajstić information content (AvgIpc) is 2.71. The lowest BCUT2D eigenvalue weighted by Gasteiger charge is -2.25. The SMILES string of the molecule is COc1ccccc1CNC(=O)[C@H](C)OC(=O)[C@H]1COc2ccc(Cl)cc2C1. The highest BCUT2D eigenvalue weighted by atomic mass is 35.5. The molecule has 7 heteroatoms. The maximum Gasteiger partial charge on any atom is 0.313 e. The van der Waals surface area contributed by atoms with Crippen LogP contribution in [0, 0.1) is 5.92 Å². The summed E-state index contributed by atoms with van der Waals surface area (Å²) >= 11 is 6.00. The largest absolute Gasteiger partial charge is 0.496 e. The number of para-hydroxylation sites is 1. The third-order valence-electron chi connectivity index (χ3n) is 4.57. The van der Waals surface area contributed by atoms with Crippen molar-refractivity contribution < 1.29 is 23.8 Å². The fourth-order valence-corrected chi connectivity index (χ4v) is 3.21. The Balaban J connectivity index is 1.53. The first-order chi connectivity index (χ1) is 13.5. The lowest BCUT2D eigenvalue weighted by Crippen LogP contribution is -2.38. The van der Waals surface area contributed by atoms with Crippen molar-refractivity contribution in [3.63, 3.8) is 0 Å². The fraction of sp³-hybridized carbons (Fsp3) is 0.333. The summed E-state index contributed by atoms with van der Waals surface area (Å²) in [5.74, 6) is 0.0839. The van der Waals surface area contributed by atoms with Crippen molar-refractivity contribution in [2.75, 3.05) is 13.7 Å². The minimum absolute atomic E-state index is 0.211. The molecule has 2 aromatic carbocycles. The monoisotopic (exact) mass is 403 g/mol. The van der Waals surface area contributed by atoms with Gasteiger partial charge in [-0.1, -0.05) is 29.8 Å². The number of hydrogen-bond acceptors (Lipinski definition) is 5. The number of rotatable bonds is 6. The number of ether oxygens (including phenoxy) is 3. The van der Waals surface area contributed by atoms with Crippen LogP contribution < -0.4 is 14.8 Å². The second-order valence-corrected chi connectivity index (χ2v) is 7.01. The average molecular weight is 404 g/mol. The van der Waals surface area contributed by atoms with Crippen LogP contribution in [-0.2, 0) is 27.3 Å². The molecule has 0 unspecified atom stereocenters. The highest BCUT2D eigenvalue weighted by molar-refractivity contribution is 6.30. The summed E-state index contributed by atoms with van der Waals surface area (Å²) < 4.78 is 16.2. The molecule has 0 spiro atoms. The molecule has 1 N–H and O–H groups in total. The normalized spacial score (nSPS) is 16.3. The number of carbonyl (C=O) groups excluding carboxylic acids is 2. The summed E-state index contributed by atoms with van der Waals surface area (Å²) in [6.45, 7) is 2.04. The zero-order chi connectivity index (χ0) is 20.1. The molecule has 1 aliphatic heterocycles. The van der Waals surface area contributed by atoms with Gasteiger partial charge in [0.05, 0.1) is 13.0 Å². The van der Waals surface area contributed by atoms with Crippen LogP contribution >= 0.6 is 11.6 Å². The number of halogens is 1. The minimum Gasteiger partial charge on any atom is -0.496 e. The zero-order valence-electron chi connectivity index (χ0n) is 15.7. The van der Waals surface area contributed by atoms with E-state index in [1.54, 1.807) is 32.2 Å². The van der Waals surface area contributed by atoms with Gasteiger partial charge in [-0.15, -0.1) is 0 Å². The van der Waals surface area contributed by atoms with Gasteiger partial charge in [-0.2, -0.15) is 0 Å². The van der Waals surface area contributed by atoms with Gasteiger partial charge < -0.3 is 19.5 Å². The summed E-state index contributed by atoms with van der Waals surface area (Å²) in [6.07, 6.45) is -0.451. The summed E-state index contributed by atoms with van der Waals surface area (Å²) in [4.78, 5) is 24.7. The van der Waals surface area contributed by atoms with E-state index in [2.05, 4.69) is 5.32 Å². The van der Waals surface area contributed by atoms with Gasteiger partial charge in [0.1, 0.15) is 18.1 Å². The number of methoxy groups -OCH3 is 1. The predicted molar refractivity (Wildman–Crippen MR) is 105 cm³/mol. The summed E-state index contributed by atoms with van der Waals surface area (Å²) in [5, 5.41) is 3.34. The third kappa shape index (κ3) is 4.75. The van der Waals surface area contributed by atoms with Gasteiger partial charge in [-0.05, 0) is 43.2 Å². The molecule has 0 aromatic heterocycles. The van der Waals surface area contributed by atoms with Gasteiger partial charge >= 0.3 is 5.97 Å². The quantitative estimate of drug-likeness (QED) is 0.750. The molecule has 3 rings (SSSR count). The Hall–Kier alpha value is -2.73. The third-order valence-corrected chi connectivity index (χ3v) is 4.81. The molecule has 1 aliphatic rings. The van der Waals surface area contributed by atoms with E-state index in [0.717, 1.165) is 16.9 Å². The molecule has 2 atom stereocenters. The van der Waals surface area contributed by atoms with Gasteiger partial charge in [-0.3, -0.25) is 9.59 Å². The molecular weight excluding hydrogens is 382 g/mol. The van der Waals surface area contributed by atoms with Crippen molar-refractivity contribution in [1.29, 1.82) is 0 Å². The van der Waals surface area contributed by atoms with Crippen molar-refractivity contribution in [3.05, 3.63) is 58.6 Å². The second kappa shape index (κ2) is 8.97. The van der Waals surface area contributed by atoms with Gasteiger partial charge in [-0.25, -0.2) is 0 Å². The molecule has 28 heavy (non-hydrogen) atoms. The summed E-state index contributed by atoms with van der Waals surface area (Å²) in [7, 11) is 1.57. The van der Waals surface area contributed by atoms with Gasteiger partial charge in [0.2, 0.25) is 0 Å². The Morgan fingerprint density at radius 2 is 2.07 bits per heavy atom. The smallest absolute Gasteiger partial charge is 0.313 e. The maximum absolute atomic E-state index is 12.4. The van der Waals surface area contributed by atoms with E-state index in [1.807, 2.05) is 24.3 Å². The molecule has 0 bridgehead atoms. The number of benzene rings is 2. The molecule has 0 saturated carbocycles. The van der Waals surface area contributed by atoms with Crippen molar-refractivity contribution in [2.45, 2.75) is 26.0 Å². The number of esters is 1. The van der Waals surface area contributed by atoms with E-state index in [-0.39, 0.29) is 19.1 Å². The highest BCUT2D eigenvalue weighted by Crippen LogP contribution is 2.30. The van der Waals surface area contributed by atoms with Crippen molar-refractivity contribution in [2.24, 2.45) is 5.92 Å². The van der Waals surface area contributed by atoms with Crippen molar-refractivity contribution in [3.8, 4) is 11.5 Å². The molecule has 1 amide bonds. The van der Waals surface area contributed by atoms with Gasteiger partial charge in [0.15, 0.2) is 6.10 Å². The number of nitrogens with one attached hydrogen (secondary N) is 1. The Morgan fingerprint density at radius 1 is 1.29 bits per heavy atom. The Bertz CT molecular complexity index is 870. The second-order valence-electron chi connectivity index (χ2n) is 6.57. The molecule has 148 valence electrons. The number of amides is 1. The Kier molecular flexibility index (Phi) is 6.41. The van der Waals surface area contributed by atoms with E-state index in [4.69, 9.17) is 25.8 Å². The number of hydrogen-bond donors (Lipinski definition) is 1. The van der Waals surface area contributed by atoms with E-state index >= 15 is 0 Å². The standard InChI is InChI=1S/C21H22ClNO5/c1-13(20(24)23-11-14-5-3-4-6-18(14)26-2)28-21(25)16-9-15-10-17(22)7-8-19(15)27-12-16/h3-8,10,13,16H,9,11-12H2,1-2H3,(H,23,24)/t13-,16+/m0/s1. The van der Waals surface area contributed by atoms with Crippen molar-refractivity contribution in [1.82, 2.24) is 5.32 Å². The fourth-order valence-electron chi connectivity index (χ4n) is 3.01. The summed E-state index contributed by atoms with van der Waals surface area (Å²) in [6, 6.07) is 12.7. The first kappa shape index (κ1) is 20.0. The number of carbonyl (C=O) groups is 2. The first-order valence-corrected chi connectivity index (χ1v) is 9.37. The topological polar surface area (TPSA) is 73.9 Å². The molecular formula is C21H22ClNO5. The molecule has 2 aromatic rings. The van der Waals surface area contributed by atoms with Gasteiger partial charge in [0.25, 0.3) is 5.91 Å². The summed E-state index contributed by atoms with van der Waals surface area (Å²) in [5.41, 5.74) is 1.69. The van der Waals surface area contributed by atoms with Crippen LogP contribution in [0.4, 0.5) is 0 Å². The lowest BCUT2D eigenvalue weighted by molar-refractivity contribution is -0.160. The Labute approximate surface area is 168 Å². The van der Waals surface area contributed by atoms with Crippen LogP contribution in [0.3, 0.4) is 0 Å². The molecule has 0 fully saturated rings. The van der Waals surface area contributed by atoms with E-state index < -0.39 is 18.0 Å². The maximum atomic E-state index is 12.4. The minimum atomic E-state index is -0.914. The molecule has 1 heterocycles. The van der Waals surface area contributed by atoms with Crippen LogP contribution in [0.25, 0.3) is 0 Å². The van der Waals surface area contributed by atoms with Crippen LogP contribution in [0.1, 0.15) is 18.1 Å². The number of fused-ring (bicyclic) bond motifs is 1. The van der Waals surface area contributed by atoms with E-state index in [9.17, 15) is 9.59 Å². The van der Waals surface area contributed by atoms with Gasteiger partial charge in [0, 0.05) is 17.1 Å².